The largest absolute Gasteiger partial charge is 0.325 e. The summed E-state index contributed by atoms with van der Waals surface area (Å²) in [5, 5.41) is -0.576. The molecule has 0 aliphatic heterocycles. The van der Waals surface area contributed by atoms with Gasteiger partial charge in [0.1, 0.15) is 0 Å². The third-order valence-electron chi connectivity index (χ3n) is 0.629. The molecule has 0 bridgehead atoms. The van der Waals surface area contributed by atoms with Gasteiger partial charge < -0.3 is 9.42 Å². The SMILES string of the molecule is CP(=O)(O)OCCC(=O)Cl.Cl. The Bertz CT molecular complexity index is 165. The monoisotopic (exact) mass is 222 g/mol. The second-order valence-corrected chi connectivity index (χ2v) is 4.03. The zero-order valence-electron chi connectivity index (χ0n) is 5.82. The van der Waals surface area contributed by atoms with E-state index in [1.807, 2.05) is 0 Å². The highest BCUT2D eigenvalue weighted by Crippen LogP contribution is 2.36. The van der Waals surface area contributed by atoms with Crippen LogP contribution in [0, 0.1) is 0 Å². The van der Waals surface area contributed by atoms with Crippen LogP contribution in [0.5, 0.6) is 0 Å². The van der Waals surface area contributed by atoms with Crippen molar-refractivity contribution in [1.29, 1.82) is 0 Å². The highest BCUT2D eigenvalue weighted by Gasteiger charge is 2.09. The molecule has 0 heterocycles. The molecule has 0 aromatic rings. The molecule has 11 heavy (non-hydrogen) atoms. The van der Waals surface area contributed by atoms with Gasteiger partial charge in [0.05, 0.1) is 6.61 Å². The number of carbonyl (C=O) groups excluding carboxylic acids is 1. The minimum absolute atomic E-state index is 0. The molecule has 68 valence electrons. The van der Waals surface area contributed by atoms with Gasteiger partial charge in [-0.1, -0.05) is 0 Å². The Morgan fingerprint density at radius 1 is 1.73 bits per heavy atom. The van der Waals surface area contributed by atoms with Crippen LogP contribution in [0.4, 0.5) is 0 Å². The molecule has 0 aromatic carbocycles. The molecule has 0 radical (unpaired) electrons. The Labute approximate surface area is 75.8 Å². The van der Waals surface area contributed by atoms with Crippen LogP contribution < -0.4 is 0 Å². The van der Waals surface area contributed by atoms with E-state index in [1.54, 1.807) is 0 Å². The fourth-order valence-electron chi connectivity index (χ4n) is 0.295. The van der Waals surface area contributed by atoms with Crippen molar-refractivity contribution < 1.29 is 18.8 Å². The first-order valence-electron chi connectivity index (χ1n) is 2.55. The van der Waals surface area contributed by atoms with Gasteiger partial charge in [0, 0.05) is 13.1 Å². The molecule has 0 rings (SSSR count). The first kappa shape index (κ1) is 14.0. The Hall–Kier alpha value is 0.400. The third kappa shape index (κ3) is 13.4. The second kappa shape index (κ2) is 5.98. The van der Waals surface area contributed by atoms with Crippen molar-refractivity contribution in [2.75, 3.05) is 13.3 Å². The quantitative estimate of drug-likeness (QED) is 0.577. The lowest BCUT2D eigenvalue weighted by molar-refractivity contribution is -0.112. The molecule has 0 amide bonds. The minimum atomic E-state index is -3.43. The van der Waals surface area contributed by atoms with Gasteiger partial charge in [-0.05, 0) is 11.6 Å². The lowest BCUT2D eigenvalue weighted by Gasteiger charge is -2.03. The molecule has 0 saturated heterocycles. The Balaban J connectivity index is 0. The van der Waals surface area contributed by atoms with Gasteiger partial charge in [0.25, 0.3) is 0 Å². The highest BCUT2D eigenvalue weighted by molar-refractivity contribution is 7.51. The molecule has 7 heteroatoms. The standard InChI is InChI=1S/C4H8ClO4P.ClH/c1-10(7,8)9-3-2-4(5)6;/h2-3H2,1H3,(H,7,8);1H. The summed E-state index contributed by atoms with van der Waals surface area (Å²) in [5.74, 6) is 0. The molecule has 1 atom stereocenters. The van der Waals surface area contributed by atoms with Gasteiger partial charge in [-0.15, -0.1) is 12.4 Å². The van der Waals surface area contributed by atoms with Crippen LogP contribution in [0.2, 0.25) is 0 Å². The van der Waals surface area contributed by atoms with Crippen molar-refractivity contribution in [2.45, 2.75) is 6.42 Å². The van der Waals surface area contributed by atoms with Gasteiger partial charge in [-0.3, -0.25) is 9.36 Å². The average molecular weight is 223 g/mol. The lowest BCUT2D eigenvalue weighted by atomic mass is 10.5. The Kier molecular flexibility index (Phi) is 7.58. The highest BCUT2D eigenvalue weighted by atomic mass is 35.5. The lowest BCUT2D eigenvalue weighted by Crippen LogP contribution is -1.95. The molecular weight excluding hydrogens is 214 g/mol. The maximum absolute atomic E-state index is 10.4. The zero-order valence-corrected chi connectivity index (χ0v) is 8.29. The van der Waals surface area contributed by atoms with E-state index in [1.165, 1.54) is 0 Å². The topological polar surface area (TPSA) is 63.6 Å². The van der Waals surface area contributed by atoms with E-state index in [0.717, 1.165) is 6.66 Å². The van der Waals surface area contributed by atoms with Crippen molar-refractivity contribution >= 4 is 36.8 Å². The minimum Gasteiger partial charge on any atom is -0.324 e. The number of halogens is 2. The van der Waals surface area contributed by atoms with E-state index < -0.39 is 12.8 Å². The maximum atomic E-state index is 10.4. The summed E-state index contributed by atoms with van der Waals surface area (Å²) >= 11 is 4.92. The smallest absolute Gasteiger partial charge is 0.324 e. The fraction of sp³-hybridized carbons (Fsp3) is 0.750. The van der Waals surface area contributed by atoms with Gasteiger partial charge in [0.15, 0.2) is 0 Å². The van der Waals surface area contributed by atoms with E-state index in [4.69, 9.17) is 16.5 Å². The van der Waals surface area contributed by atoms with Gasteiger partial charge in [0.2, 0.25) is 5.24 Å². The maximum Gasteiger partial charge on any atom is 0.325 e. The van der Waals surface area contributed by atoms with Crippen LogP contribution in [0.15, 0.2) is 0 Å². The molecular formula is C4H9Cl2O4P. The average Bonchev–Trinajstić information content (AvgIpc) is 1.59. The van der Waals surface area contributed by atoms with E-state index in [-0.39, 0.29) is 25.4 Å². The molecule has 1 N–H and O–H groups in total. The first-order valence-corrected chi connectivity index (χ1v) is 4.95. The third-order valence-corrected chi connectivity index (χ3v) is 1.48. The first-order chi connectivity index (χ1) is 4.42. The molecule has 0 saturated carbocycles. The van der Waals surface area contributed by atoms with Crippen LogP contribution in [0.25, 0.3) is 0 Å². The Morgan fingerprint density at radius 3 is 2.45 bits per heavy atom. The summed E-state index contributed by atoms with van der Waals surface area (Å²) in [6, 6.07) is 0. The summed E-state index contributed by atoms with van der Waals surface area (Å²) in [6.45, 7) is 0.943. The van der Waals surface area contributed by atoms with E-state index in [0.29, 0.717) is 0 Å². The molecule has 0 spiro atoms. The number of hydrogen-bond acceptors (Lipinski definition) is 3. The number of carbonyl (C=O) groups is 1. The number of rotatable bonds is 4. The van der Waals surface area contributed by atoms with E-state index in [2.05, 4.69) is 4.52 Å². The van der Waals surface area contributed by atoms with Crippen molar-refractivity contribution in [3.8, 4) is 0 Å². The summed E-state index contributed by atoms with van der Waals surface area (Å²) in [6.07, 6.45) is -0.0417. The zero-order chi connectivity index (χ0) is 8.20. The Morgan fingerprint density at radius 2 is 2.18 bits per heavy atom. The van der Waals surface area contributed by atoms with Crippen molar-refractivity contribution in [3.63, 3.8) is 0 Å². The predicted octanol–water partition coefficient (Wildman–Crippen LogP) is 1.40. The van der Waals surface area contributed by atoms with Crippen molar-refractivity contribution in [1.82, 2.24) is 0 Å². The molecule has 1 unspecified atom stereocenters. The molecule has 0 aliphatic carbocycles. The van der Waals surface area contributed by atoms with Crippen molar-refractivity contribution in [2.24, 2.45) is 0 Å². The van der Waals surface area contributed by atoms with Crippen LogP contribution in [-0.2, 0) is 13.9 Å². The van der Waals surface area contributed by atoms with E-state index >= 15 is 0 Å². The van der Waals surface area contributed by atoms with Gasteiger partial charge >= 0.3 is 7.60 Å². The summed E-state index contributed by atoms with van der Waals surface area (Å²) < 4.78 is 14.7. The van der Waals surface area contributed by atoms with E-state index in [9.17, 15) is 9.36 Å². The van der Waals surface area contributed by atoms with Crippen LogP contribution in [0.1, 0.15) is 6.42 Å². The normalized spacial score (nSPS) is 14.8. The molecule has 4 nitrogen and oxygen atoms in total. The molecule has 0 aliphatic rings. The molecule has 0 fully saturated rings. The predicted molar refractivity (Wildman–Crippen MR) is 44.4 cm³/mol. The van der Waals surface area contributed by atoms with Crippen LogP contribution >= 0.6 is 31.6 Å². The summed E-state index contributed by atoms with van der Waals surface area (Å²) in [5.41, 5.74) is 0. The van der Waals surface area contributed by atoms with Crippen LogP contribution in [-0.4, -0.2) is 23.4 Å². The van der Waals surface area contributed by atoms with Crippen LogP contribution in [0.3, 0.4) is 0 Å². The van der Waals surface area contributed by atoms with Gasteiger partial charge in [-0.2, -0.15) is 0 Å². The fourth-order valence-corrected chi connectivity index (χ4v) is 0.802. The van der Waals surface area contributed by atoms with Crippen molar-refractivity contribution in [3.05, 3.63) is 0 Å². The second-order valence-electron chi connectivity index (χ2n) is 1.74. The number of hydrogen-bond donors (Lipinski definition) is 1. The molecule has 0 aromatic heterocycles. The summed E-state index contributed by atoms with van der Waals surface area (Å²) in [4.78, 5) is 18.6. The van der Waals surface area contributed by atoms with Gasteiger partial charge in [-0.25, -0.2) is 0 Å². The summed E-state index contributed by atoms with van der Waals surface area (Å²) in [7, 11) is -3.43.